The van der Waals surface area contributed by atoms with Crippen LogP contribution in [0.25, 0.3) is 11.1 Å². The third-order valence-corrected chi connectivity index (χ3v) is 6.84. The first kappa shape index (κ1) is 23.8. The lowest BCUT2D eigenvalue weighted by atomic mass is 9.98. The van der Waals surface area contributed by atoms with E-state index in [1.165, 1.54) is 22.3 Å². The highest BCUT2D eigenvalue weighted by molar-refractivity contribution is 5.79. The first-order chi connectivity index (χ1) is 16.5. The number of aliphatic carboxylic acids is 1. The first-order valence-corrected chi connectivity index (χ1v) is 12.1. The van der Waals surface area contributed by atoms with Gasteiger partial charge in [0, 0.05) is 24.9 Å². The Labute approximate surface area is 199 Å². The third kappa shape index (κ3) is 5.76. The monoisotopic (exact) mass is 464 g/mol. The van der Waals surface area contributed by atoms with Crippen molar-refractivity contribution in [2.24, 2.45) is 5.92 Å². The van der Waals surface area contributed by atoms with E-state index in [9.17, 15) is 14.4 Å². The maximum atomic E-state index is 12.2. The number of benzene rings is 2. The smallest absolute Gasteiger partial charge is 0.407 e. The predicted octanol–water partition coefficient (Wildman–Crippen LogP) is 4.46. The van der Waals surface area contributed by atoms with Gasteiger partial charge in [0.05, 0.1) is 5.92 Å². The van der Waals surface area contributed by atoms with E-state index in [1.807, 2.05) is 24.3 Å². The van der Waals surface area contributed by atoms with Crippen molar-refractivity contribution in [3.8, 4) is 11.1 Å². The number of hydrogen-bond donors (Lipinski definition) is 3. The summed E-state index contributed by atoms with van der Waals surface area (Å²) in [4.78, 5) is 35.3. The zero-order valence-corrected chi connectivity index (χ0v) is 19.3. The summed E-state index contributed by atoms with van der Waals surface area (Å²) in [6.07, 6.45) is 4.18. The van der Waals surface area contributed by atoms with Gasteiger partial charge in [-0.25, -0.2) is 4.79 Å². The molecular formula is C27H32N2O5. The fourth-order valence-electron chi connectivity index (χ4n) is 5.06. The van der Waals surface area contributed by atoms with E-state index in [4.69, 9.17) is 9.84 Å². The maximum Gasteiger partial charge on any atom is 0.407 e. The number of carbonyl (C=O) groups excluding carboxylic acids is 2. The van der Waals surface area contributed by atoms with Gasteiger partial charge in [-0.3, -0.25) is 9.59 Å². The van der Waals surface area contributed by atoms with Crippen molar-refractivity contribution < 1.29 is 24.2 Å². The number of carbonyl (C=O) groups is 3. The number of hydrogen-bond acceptors (Lipinski definition) is 4. The van der Waals surface area contributed by atoms with Gasteiger partial charge in [-0.1, -0.05) is 55.0 Å². The zero-order valence-electron chi connectivity index (χ0n) is 19.3. The third-order valence-electron chi connectivity index (χ3n) is 6.84. The summed E-state index contributed by atoms with van der Waals surface area (Å²) >= 11 is 0. The molecule has 34 heavy (non-hydrogen) atoms. The number of rotatable bonds is 10. The van der Waals surface area contributed by atoms with Crippen molar-refractivity contribution in [2.75, 3.05) is 13.2 Å². The summed E-state index contributed by atoms with van der Waals surface area (Å²) in [5.74, 6) is -1.10. The molecule has 2 atom stereocenters. The number of nitrogens with one attached hydrogen (secondary N) is 2. The van der Waals surface area contributed by atoms with Gasteiger partial charge < -0.3 is 20.5 Å². The molecule has 2 aliphatic rings. The molecule has 0 bridgehead atoms. The van der Waals surface area contributed by atoms with Gasteiger partial charge in [0.1, 0.15) is 6.61 Å². The van der Waals surface area contributed by atoms with Crippen molar-refractivity contribution >= 4 is 18.0 Å². The molecule has 7 nitrogen and oxygen atoms in total. The Morgan fingerprint density at radius 1 is 0.912 bits per heavy atom. The van der Waals surface area contributed by atoms with Crippen LogP contribution in [0.5, 0.6) is 0 Å². The lowest BCUT2D eigenvalue weighted by molar-refractivity contribution is -0.141. The van der Waals surface area contributed by atoms with E-state index in [0.717, 1.165) is 25.7 Å². The molecule has 0 radical (unpaired) electrons. The van der Waals surface area contributed by atoms with Crippen LogP contribution in [0.3, 0.4) is 0 Å². The number of amides is 2. The minimum atomic E-state index is -0.777. The molecule has 2 aromatic carbocycles. The fraction of sp³-hybridized carbons (Fsp3) is 0.444. The predicted molar refractivity (Wildman–Crippen MR) is 128 cm³/mol. The second-order valence-electron chi connectivity index (χ2n) is 9.18. The number of unbranched alkanes of at least 4 members (excludes halogenated alkanes) is 2. The summed E-state index contributed by atoms with van der Waals surface area (Å²) in [5.41, 5.74) is 4.77. The molecule has 0 unspecified atom stereocenters. The van der Waals surface area contributed by atoms with Gasteiger partial charge in [0.2, 0.25) is 5.91 Å². The van der Waals surface area contributed by atoms with Crippen LogP contribution in [-0.2, 0) is 14.3 Å². The number of carboxylic acid groups (broad SMARTS) is 1. The Kier molecular flexibility index (Phi) is 7.83. The molecule has 180 valence electrons. The van der Waals surface area contributed by atoms with E-state index in [0.29, 0.717) is 32.4 Å². The highest BCUT2D eigenvalue weighted by atomic mass is 16.5. The van der Waals surface area contributed by atoms with Crippen molar-refractivity contribution in [2.45, 2.75) is 56.9 Å². The Morgan fingerprint density at radius 2 is 1.59 bits per heavy atom. The van der Waals surface area contributed by atoms with Gasteiger partial charge in [-0.15, -0.1) is 0 Å². The molecule has 2 amide bonds. The van der Waals surface area contributed by atoms with E-state index < -0.39 is 12.1 Å². The van der Waals surface area contributed by atoms with Crippen LogP contribution in [0.1, 0.15) is 62.0 Å². The van der Waals surface area contributed by atoms with Crippen LogP contribution >= 0.6 is 0 Å². The van der Waals surface area contributed by atoms with E-state index in [-0.39, 0.29) is 23.8 Å². The molecule has 1 fully saturated rings. The van der Waals surface area contributed by atoms with E-state index in [2.05, 4.69) is 34.9 Å². The minimum absolute atomic E-state index is 0.0242. The van der Waals surface area contributed by atoms with Crippen molar-refractivity contribution in [3.63, 3.8) is 0 Å². The molecule has 2 aliphatic carbocycles. The van der Waals surface area contributed by atoms with Crippen molar-refractivity contribution in [3.05, 3.63) is 59.7 Å². The molecule has 0 aliphatic heterocycles. The van der Waals surface area contributed by atoms with Crippen LogP contribution in [-0.4, -0.2) is 42.3 Å². The highest BCUT2D eigenvalue weighted by Crippen LogP contribution is 2.44. The Morgan fingerprint density at radius 3 is 2.24 bits per heavy atom. The van der Waals surface area contributed by atoms with Crippen LogP contribution in [0.15, 0.2) is 48.5 Å². The Balaban J connectivity index is 1.10. The first-order valence-electron chi connectivity index (χ1n) is 12.1. The number of alkyl carbamates (subject to hydrolysis) is 1. The second kappa shape index (κ2) is 11.2. The maximum absolute atomic E-state index is 12.2. The van der Waals surface area contributed by atoms with E-state index in [1.54, 1.807) is 0 Å². The quantitative estimate of drug-likeness (QED) is 0.451. The zero-order chi connectivity index (χ0) is 23.9. The molecule has 1 saturated carbocycles. The molecule has 7 heteroatoms. The van der Waals surface area contributed by atoms with Crippen molar-refractivity contribution in [1.29, 1.82) is 0 Å². The fourth-order valence-corrected chi connectivity index (χ4v) is 5.06. The largest absolute Gasteiger partial charge is 0.481 e. The molecule has 4 rings (SSSR count). The minimum Gasteiger partial charge on any atom is -0.481 e. The van der Waals surface area contributed by atoms with Gasteiger partial charge in [-0.2, -0.15) is 0 Å². The molecule has 0 aromatic heterocycles. The van der Waals surface area contributed by atoms with Crippen molar-refractivity contribution in [1.82, 2.24) is 10.6 Å². The summed E-state index contributed by atoms with van der Waals surface area (Å²) in [7, 11) is 0. The molecule has 3 N–H and O–H groups in total. The average Bonchev–Trinajstić information content (AvgIpc) is 3.43. The Bertz CT molecular complexity index is 992. The van der Waals surface area contributed by atoms with Crippen LogP contribution in [0.2, 0.25) is 0 Å². The lowest BCUT2D eigenvalue weighted by Crippen LogP contribution is -2.33. The van der Waals surface area contributed by atoms with Gasteiger partial charge in [0.15, 0.2) is 0 Å². The number of fused-ring (bicyclic) bond motifs is 3. The molecule has 0 saturated heterocycles. The summed E-state index contributed by atoms with van der Waals surface area (Å²) in [6.45, 7) is 0.797. The van der Waals surface area contributed by atoms with Crippen LogP contribution < -0.4 is 10.6 Å². The molecular weight excluding hydrogens is 432 g/mol. The normalized spacial score (nSPS) is 18.7. The van der Waals surface area contributed by atoms with Gasteiger partial charge in [0.25, 0.3) is 0 Å². The second-order valence-corrected chi connectivity index (χ2v) is 9.18. The summed E-state index contributed by atoms with van der Waals surface area (Å²) < 4.78 is 5.53. The molecule has 2 aromatic rings. The number of carboxylic acids is 1. The summed E-state index contributed by atoms with van der Waals surface area (Å²) in [6, 6.07) is 16.4. The van der Waals surface area contributed by atoms with Gasteiger partial charge in [-0.05, 0) is 54.4 Å². The van der Waals surface area contributed by atoms with Gasteiger partial charge >= 0.3 is 12.1 Å². The SMILES string of the molecule is O=C(CCCCCNC(=O)OCC1c2ccccc2-c2ccccc21)N[C@H]1CC[C@@H](C(=O)O)C1. The Hall–Kier alpha value is -3.35. The van der Waals surface area contributed by atoms with E-state index >= 15 is 0 Å². The molecule has 0 heterocycles. The lowest BCUT2D eigenvalue weighted by Gasteiger charge is -2.14. The average molecular weight is 465 g/mol. The van der Waals surface area contributed by atoms with Crippen LogP contribution in [0, 0.1) is 5.92 Å². The topological polar surface area (TPSA) is 105 Å². The summed E-state index contributed by atoms with van der Waals surface area (Å²) in [5, 5.41) is 14.8. The number of ether oxygens (including phenoxy) is 1. The highest BCUT2D eigenvalue weighted by Gasteiger charge is 2.30. The van der Waals surface area contributed by atoms with Crippen LogP contribution in [0.4, 0.5) is 4.79 Å². The molecule has 0 spiro atoms. The standard InChI is InChI=1S/C27H32N2O5/c30-25(29-19-14-13-18(16-19)26(31)32)12-2-1-7-15-28-27(33)34-17-24-22-10-5-3-8-20(22)21-9-4-6-11-23(21)24/h3-6,8-11,18-19,24H,1-2,7,12-17H2,(H,28,33)(H,29,30)(H,31,32)/t18-,19+/m1/s1.